The summed E-state index contributed by atoms with van der Waals surface area (Å²) in [5.74, 6) is 0.420. The maximum Gasteiger partial charge on any atom is 0.151 e. The second kappa shape index (κ2) is 8.89. The fourth-order valence-electron chi connectivity index (χ4n) is 2.07. The molecule has 0 aromatic heterocycles. The van der Waals surface area contributed by atoms with E-state index in [9.17, 15) is 8.42 Å². The first-order valence-electron chi connectivity index (χ1n) is 7.16. The van der Waals surface area contributed by atoms with E-state index < -0.39 is 9.84 Å². The van der Waals surface area contributed by atoms with Crippen molar-refractivity contribution in [2.24, 2.45) is 0 Å². The highest BCUT2D eigenvalue weighted by atomic mass is 32.2. The van der Waals surface area contributed by atoms with Crippen LogP contribution in [0.2, 0.25) is 0 Å². The van der Waals surface area contributed by atoms with E-state index in [1.165, 1.54) is 0 Å². The first-order chi connectivity index (χ1) is 9.03. The molecule has 1 heterocycles. The molecule has 0 aliphatic carbocycles. The predicted molar refractivity (Wildman–Crippen MR) is 76.2 cm³/mol. The summed E-state index contributed by atoms with van der Waals surface area (Å²) in [6.45, 7) is 6.60. The van der Waals surface area contributed by atoms with Crippen LogP contribution in [0.25, 0.3) is 0 Å². The smallest absolute Gasteiger partial charge is 0.151 e. The Bertz CT molecular complexity index is 326. The van der Waals surface area contributed by atoms with Crippen molar-refractivity contribution in [2.75, 3.05) is 37.9 Å². The molecular formula is C13H27NO4S. The summed E-state index contributed by atoms with van der Waals surface area (Å²) in [7, 11) is -2.89. The van der Waals surface area contributed by atoms with Crippen LogP contribution in [0.15, 0.2) is 0 Å². The molecule has 6 heteroatoms. The Labute approximate surface area is 117 Å². The van der Waals surface area contributed by atoms with Crippen LogP contribution in [0.3, 0.4) is 0 Å². The quantitative estimate of drug-likeness (QED) is 0.608. The number of rotatable bonds is 10. The van der Waals surface area contributed by atoms with Crippen LogP contribution in [0.5, 0.6) is 0 Å². The molecule has 0 saturated carbocycles. The third-order valence-electron chi connectivity index (χ3n) is 3.23. The van der Waals surface area contributed by atoms with Gasteiger partial charge in [0.15, 0.2) is 9.84 Å². The van der Waals surface area contributed by atoms with E-state index in [4.69, 9.17) is 9.47 Å². The zero-order chi connectivity index (χ0) is 14.1. The van der Waals surface area contributed by atoms with E-state index in [1.54, 1.807) is 6.92 Å². The van der Waals surface area contributed by atoms with Gasteiger partial charge in [-0.25, -0.2) is 8.42 Å². The summed E-state index contributed by atoms with van der Waals surface area (Å²) in [4.78, 5) is 0. The van der Waals surface area contributed by atoms with Gasteiger partial charge in [0, 0.05) is 25.0 Å². The number of ether oxygens (including phenoxy) is 2. The molecule has 0 aromatic rings. The van der Waals surface area contributed by atoms with Crippen molar-refractivity contribution in [1.82, 2.24) is 5.32 Å². The Morgan fingerprint density at radius 3 is 2.89 bits per heavy atom. The molecule has 19 heavy (non-hydrogen) atoms. The second-order valence-corrected chi connectivity index (χ2v) is 7.52. The average molecular weight is 293 g/mol. The van der Waals surface area contributed by atoms with E-state index in [2.05, 4.69) is 5.32 Å². The highest BCUT2D eigenvalue weighted by molar-refractivity contribution is 7.91. The topological polar surface area (TPSA) is 64.6 Å². The third-order valence-corrected chi connectivity index (χ3v) is 5.12. The first kappa shape index (κ1) is 16.9. The lowest BCUT2D eigenvalue weighted by atomic mass is 10.2. The predicted octanol–water partition coefficient (Wildman–Crippen LogP) is 0.985. The molecule has 114 valence electrons. The number of nitrogens with one attached hydrogen (secondary N) is 1. The van der Waals surface area contributed by atoms with Gasteiger partial charge in [0.2, 0.25) is 0 Å². The van der Waals surface area contributed by atoms with Gasteiger partial charge in [-0.2, -0.15) is 0 Å². The van der Waals surface area contributed by atoms with Crippen molar-refractivity contribution in [1.29, 1.82) is 0 Å². The zero-order valence-electron chi connectivity index (χ0n) is 12.1. The van der Waals surface area contributed by atoms with Crippen molar-refractivity contribution in [2.45, 2.75) is 45.3 Å². The molecule has 0 radical (unpaired) electrons. The largest absolute Gasteiger partial charge is 0.379 e. The normalized spacial score (nSPS) is 21.7. The Morgan fingerprint density at radius 1 is 1.47 bits per heavy atom. The molecule has 1 aliphatic rings. The molecule has 1 rings (SSSR count). The van der Waals surface area contributed by atoms with E-state index in [-0.39, 0.29) is 23.7 Å². The summed E-state index contributed by atoms with van der Waals surface area (Å²) in [5, 5.41) is 3.21. The van der Waals surface area contributed by atoms with Crippen molar-refractivity contribution in [3.8, 4) is 0 Å². The standard InChI is InChI=1S/C13H27NO4S/c1-3-19(15,16)11-12(2)14-7-5-8-17-10-13-6-4-9-18-13/h12-14H,3-11H2,1-2H3. The summed E-state index contributed by atoms with van der Waals surface area (Å²) >= 11 is 0. The first-order valence-corrected chi connectivity index (χ1v) is 8.99. The van der Waals surface area contributed by atoms with Crippen LogP contribution in [-0.2, 0) is 19.3 Å². The Hall–Kier alpha value is -0.170. The molecule has 1 fully saturated rings. The Kier molecular flexibility index (Phi) is 7.90. The fourth-order valence-corrected chi connectivity index (χ4v) is 3.19. The number of hydrogen-bond acceptors (Lipinski definition) is 5. The van der Waals surface area contributed by atoms with Gasteiger partial charge in [-0.1, -0.05) is 6.92 Å². The van der Waals surface area contributed by atoms with Crippen molar-refractivity contribution < 1.29 is 17.9 Å². The molecule has 1 aliphatic heterocycles. The Morgan fingerprint density at radius 2 is 2.26 bits per heavy atom. The summed E-state index contributed by atoms with van der Waals surface area (Å²) in [6.07, 6.45) is 3.41. The molecule has 0 spiro atoms. The van der Waals surface area contributed by atoms with Gasteiger partial charge < -0.3 is 14.8 Å². The SMILES string of the molecule is CCS(=O)(=O)CC(C)NCCCOCC1CCCO1. The van der Waals surface area contributed by atoms with Crippen LogP contribution < -0.4 is 5.32 Å². The molecule has 5 nitrogen and oxygen atoms in total. The number of hydrogen-bond donors (Lipinski definition) is 1. The Balaban J connectivity index is 1.95. The highest BCUT2D eigenvalue weighted by Crippen LogP contribution is 2.11. The van der Waals surface area contributed by atoms with Crippen molar-refractivity contribution in [3.05, 3.63) is 0 Å². The van der Waals surface area contributed by atoms with E-state index >= 15 is 0 Å². The van der Waals surface area contributed by atoms with Crippen LogP contribution in [0.1, 0.15) is 33.1 Å². The van der Waals surface area contributed by atoms with Crippen molar-refractivity contribution in [3.63, 3.8) is 0 Å². The summed E-state index contributed by atoms with van der Waals surface area (Å²) < 4.78 is 33.8. The molecule has 2 unspecified atom stereocenters. The van der Waals surface area contributed by atoms with Gasteiger partial charge in [-0.05, 0) is 32.7 Å². The van der Waals surface area contributed by atoms with Gasteiger partial charge in [-0.15, -0.1) is 0 Å². The average Bonchev–Trinajstić information content (AvgIpc) is 2.86. The lowest BCUT2D eigenvalue weighted by Gasteiger charge is -2.14. The van der Waals surface area contributed by atoms with E-state index in [0.717, 1.165) is 32.4 Å². The molecule has 0 bridgehead atoms. The minimum absolute atomic E-state index is 0.00288. The molecule has 0 amide bonds. The minimum atomic E-state index is -2.89. The minimum Gasteiger partial charge on any atom is -0.379 e. The highest BCUT2D eigenvalue weighted by Gasteiger charge is 2.15. The molecule has 0 aromatic carbocycles. The van der Waals surface area contributed by atoms with E-state index in [0.29, 0.717) is 13.2 Å². The monoisotopic (exact) mass is 293 g/mol. The molecular weight excluding hydrogens is 266 g/mol. The maximum atomic E-state index is 11.4. The lowest BCUT2D eigenvalue weighted by molar-refractivity contribution is 0.0166. The van der Waals surface area contributed by atoms with Crippen LogP contribution in [0.4, 0.5) is 0 Å². The van der Waals surface area contributed by atoms with Crippen LogP contribution in [-0.4, -0.2) is 58.4 Å². The van der Waals surface area contributed by atoms with Gasteiger partial charge >= 0.3 is 0 Å². The summed E-state index contributed by atoms with van der Waals surface area (Å²) in [5.41, 5.74) is 0. The fraction of sp³-hybridized carbons (Fsp3) is 1.00. The maximum absolute atomic E-state index is 11.4. The second-order valence-electron chi connectivity index (χ2n) is 5.12. The third kappa shape index (κ3) is 7.87. The molecule has 1 N–H and O–H groups in total. The summed E-state index contributed by atoms with van der Waals surface area (Å²) in [6, 6.07) is 0.00288. The van der Waals surface area contributed by atoms with Crippen molar-refractivity contribution >= 4 is 9.84 Å². The number of sulfone groups is 1. The van der Waals surface area contributed by atoms with Gasteiger partial charge in [0.05, 0.1) is 18.5 Å². The van der Waals surface area contributed by atoms with Gasteiger partial charge in [0.1, 0.15) is 0 Å². The van der Waals surface area contributed by atoms with Crippen LogP contribution in [0, 0.1) is 0 Å². The molecule has 1 saturated heterocycles. The van der Waals surface area contributed by atoms with Crippen LogP contribution >= 0.6 is 0 Å². The zero-order valence-corrected chi connectivity index (χ0v) is 12.9. The molecule has 2 atom stereocenters. The van der Waals surface area contributed by atoms with Gasteiger partial charge in [0.25, 0.3) is 0 Å². The van der Waals surface area contributed by atoms with E-state index in [1.807, 2.05) is 6.92 Å². The lowest BCUT2D eigenvalue weighted by Crippen LogP contribution is -2.34. The van der Waals surface area contributed by atoms with Gasteiger partial charge in [-0.3, -0.25) is 0 Å².